The van der Waals surface area contributed by atoms with Crippen LogP contribution in [0.3, 0.4) is 0 Å². The summed E-state index contributed by atoms with van der Waals surface area (Å²) >= 11 is 6.53. The molecule has 2 aliphatic rings. The first-order valence-electron chi connectivity index (χ1n) is 8.22. The fourth-order valence-electron chi connectivity index (χ4n) is 3.35. The Morgan fingerprint density at radius 2 is 2.21 bits per heavy atom. The van der Waals surface area contributed by atoms with Gasteiger partial charge in [-0.1, -0.05) is 17.7 Å². The first-order valence-corrected chi connectivity index (χ1v) is 8.59. The summed E-state index contributed by atoms with van der Waals surface area (Å²) in [4.78, 5) is 12.5. The zero-order valence-electron chi connectivity index (χ0n) is 13.9. The highest BCUT2D eigenvalue weighted by atomic mass is 35.5. The molecule has 1 aliphatic heterocycles. The normalized spacial score (nSPS) is 17.5. The van der Waals surface area contributed by atoms with Gasteiger partial charge in [0.15, 0.2) is 5.78 Å². The van der Waals surface area contributed by atoms with Crippen molar-refractivity contribution < 1.29 is 14.3 Å². The number of methoxy groups -OCH3 is 1. The predicted molar refractivity (Wildman–Crippen MR) is 96.6 cm³/mol. The summed E-state index contributed by atoms with van der Waals surface area (Å²) in [6.07, 6.45) is 5.69. The summed E-state index contributed by atoms with van der Waals surface area (Å²) in [5, 5.41) is 0.650. The molecular formula is C20H21ClO3. The molecule has 3 rings (SSSR count). The van der Waals surface area contributed by atoms with Gasteiger partial charge in [0.05, 0.1) is 12.1 Å². The van der Waals surface area contributed by atoms with Crippen LogP contribution in [0.15, 0.2) is 47.0 Å². The molecule has 1 heterocycles. The number of carbonyl (C=O) groups is 1. The van der Waals surface area contributed by atoms with Crippen LogP contribution in [0.1, 0.15) is 37.7 Å². The maximum atomic E-state index is 12.5. The Hall–Kier alpha value is -2.00. The van der Waals surface area contributed by atoms with E-state index in [2.05, 4.69) is 6.58 Å². The highest BCUT2D eigenvalue weighted by Crippen LogP contribution is 2.44. The van der Waals surface area contributed by atoms with Gasteiger partial charge in [-0.05, 0) is 55.0 Å². The van der Waals surface area contributed by atoms with Crippen LogP contribution in [-0.4, -0.2) is 19.5 Å². The molecule has 0 unspecified atom stereocenters. The van der Waals surface area contributed by atoms with Gasteiger partial charge < -0.3 is 9.47 Å². The van der Waals surface area contributed by atoms with E-state index in [1.54, 1.807) is 7.11 Å². The zero-order chi connectivity index (χ0) is 17.1. The smallest absolute Gasteiger partial charge is 0.159 e. The summed E-state index contributed by atoms with van der Waals surface area (Å²) in [6.45, 7) is 4.11. The van der Waals surface area contributed by atoms with Crippen molar-refractivity contribution in [2.45, 2.75) is 32.1 Å². The number of hydrogen-bond donors (Lipinski definition) is 0. The Balaban J connectivity index is 2.15. The van der Waals surface area contributed by atoms with E-state index in [1.807, 2.05) is 24.3 Å². The minimum Gasteiger partial charge on any atom is -0.497 e. The minimum absolute atomic E-state index is 0.228. The second-order valence-electron chi connectivity index (χ2n) is 5.99. The molecule has 0 bridgehead atoms. The summed E-state index contributed by atoms with van der Waals surface area (Å²) in [5.74, 6) is 1.76. The van der Waals surface area contributed by atoms with Crippen LogP contribution in [-0.2, 0) is 4.79 Å². The molecule has 1 aromatic carbocycles. The quantitative estimate of drug-likeness (QED) is 0.701. The molecule has 4 heteroatoms. The van der Waals surface area contributed by atoms with E-state index in [9.17, 15) is 4.79 Å². The van der Waals surface area contributed by atoms with Crippen LogP contribution in [0.2, 0.25) is 0 Å². The van der Waals surface area contributed by atoms with Crippen LogP contribution in [0, 0.1) is 0 Å². The van der Waals surface area contributed by atoms with Gasteiger partial charge in [0, 0.05) is 17.6 Å². The minimum atomic E-state index is 0.228. The highest BCUT2D eigenvalue weighted by molar-refractivity contribution is 6.34. The van der Waals surface area contributed by atoms with Gasteiger partial charge in [0.2, 0.25) is 0 Å². The molecule has 0 N–H and O–H groups in total. The zero-order valence-corrected chi connectivity index (χ0v) is 14.6. The molecule has 0 spiro atoms. The number of ketones is 1. The Kier molecular flexibility index (Phi) is 5.10. The van der Waals surface area contributed by atoms with Gasteiger partial charge in [-0.15, -0.1) is 6.58 Å². The summed E-state index contributed by atoms with van der Waals surface area (Å²) < 4.78 is 11.1. The van der Waals surface area contributed by atoms with E-state index in [-0.39, 0.29) is 5.78 Å². The van der Waals surface area contributed by atoms with Crippen LogP contribution >= 0.6 is 11.6 Å². The molecule has 0 amide bonds. The second-order valence-corrected chi connectivity index (χ2v) is 6.45. The monoisotopic (exact) mass is 344 g/mol. The maximum absolute atomic E-state index is 12.5. The van der Waals surface area contributed by atoms with E-state index in [0.717, 1.165) is 53.0 Å². The van der Waals surface area contributed by atoms with Crippen molar-refractivity contribution in [2.24, 2.45) is 0 Å². The van der Waals surface area contributed by atoms with Crippen LogP contribution in [0.25, 0.3) is 5.57 Å². The van der Waals surface area contributed by atoms with E-state index in [4.69, 9.17) is 21.1 Å². The number of rotatable bonds is 5. The van der Waals surface area contributed by atoms with Crippen molar-refractivity contribution in [3.8, 4) is 11.5 Å². The Morgan fingerprint density at radius 1 is 1.38 bits per heavy atom. The number of ether oxygens (including phenoxy) is 2. The molecule has 0 aromatic heterocycles. The number of benzene rings is 1. The number of carbonyl (C=O) groups excluding carboxylic acids is 1. The van der Waals surface area contributed by atoms with Crippen molar-refractivity contribution in [1.82, 2.24) is 0 Å². The summed E-state index contributed by atoms with van der Waals surface area (Å²) in [5.41, 5.74) is 3.82. The Morgan fingerprint density at radius 3 is 2.96 bits per heavy atom. The number of allylic oxidation sites excluding steroid dienone is 4. The van der Waals surface area contributed by atoms with Crippen molar-refractivity contribution in [2.75, 3.05) is 13.7 Å². The lowest BCUT2D eigenvalue weighted by atomic mass is 9.81. The fourth-order valence-corrected chi connectivity index (χ4v) is 3.62. The predicted octanol–water partition coefficient (Wildman–Crippen LogP) is 5.05. The van der Waals surface area contributed by atoms with Gasteiger partial charge in [-0.25, -0.2) is 0 Å². The highest BCUT2D eigenvalue weighted by Gasteiger charge is 2.28. The molecular weight excluding hydrogens is 324 g/mol. The van der Waals surface area contributed by atoms with Crippen molar-refractivity contribution >= 4 is 23.0 Å². The first-order chi connectivity index (χ1) is 11.7. The van der Waals surface area contributed by atoms with Gasteiger partial charge in [-0.3, -0.25) is 4.79 Å². The summed E-state index contributed by atoms with van der Waals surface area (Å²) in [7, 11) is 1.63. The topological polar surface area (TPSA) is 35.5 Å². The molecule has 1 aliphatic carbocycles. The van der Waals surface area contributed by atoms with E-state index in [1.165, 1.54) is 0 Å². The third-order valence-electron chi connectivity index (χ3n) is 4.51. The molecule has 0 saturated heterocycles. The standard InChI is InChI=1S/C20H21ClO3/c1-3-4-6-14-15(7-5-8-18(14)22)20-16-11-13(23-2)9-10-19(16)24-12-17(20)21/h3,9-11H,1,4-8,12H2,2H3. The lowest BCUT2D eigenvalue weighted by Crippen LogP contribution is -2.16. The average molecular weight is 345 g/mol. The lowest BCUT2D eigenvalue weighted by molar-refractivity contribution is -0.116. The van der Waals surface area contributed by atoms with Gasteiger partial charge in [-0.2, -0.15) is 0 Å². The number of hydrogen-bond acceptors (Lipinski definition) is 3. The molecule has 1 aromatic rings. The van der Waals surface area contributed by atoms with Gasteiger partial charge in [0.1, 0.15) is 18.1 Å². The largest absolute Gasteiger partial charge is 0.497 e. The van der Waals surface area contributed by atoms with Crippen molar-refractivity contribution in [3.63, 3.8) is 0 Å². The molecule has 24 heavy (non-hydrogen) atoms. The number of halogens is 1. The lowest BCUT2D eigenvalue weighted by Gasteiger charge is -2.27. The molecule has 0 fully saturated rings. The van der Waals surface area contributed by atoms with Gasteiger partial charge >= 0.3 is 0 Å². The van der Waals surface area contributed by atoms with Crippen LogP contribution in [0.4, 0.5) is 0 Å². The molecule has 0 saturated carbocycles. The third-order valence-corrected chi connectivity index (χ3v) is 4.81. The van der Waals surface area contributed by atoms with Crippen LogP contribution in [0.5, 0.6) is 11.5 Å². The first kappa shape index (κ1) is 16.8. The van der Waals surface area contributed by atoms with E-state index in [0.29, 0.717) is 24.5 Å². The fraction of sp³-hybridized carbons (Fsp3) is 0.350. The Labute approximate surface area is 147 Å². The average Bonchev–Trinajstić information content (AvgIpc) is 2.60. The number of fused-ring (bicyclic) bond motifs is 1. The van der Waals surface area contributed by atoms with Crippen LogP contribution < -0.4 is 9.47 Å². The maximum Gasteiger partial charge on any atom is 0.159 e. The summed E-state index contributed by atoms with van der Waals surface area (Å²) in [6, 6.07) is 5.70. The van der Waals surface area contributed by atoms with Gasteiger partial charge in [0.25, 0.3) is 0 Å². The molecule has 126 valence electrons. The third kappa shape index (κ3) is 3.13. The van der Waals surface area contributed by atoms with Crippen molar-refractivity contribution in [1.29, 1.82) is 0 Å². The second kappa shape index (κ2) is 7.27. The van der Waals surface area contributed by atoms with E-state index >= 15 is 0 Å². The SMILES string of the molecule is C=CCCC1=C(C2=C(Cl)COc3ccc(OC)cc32)CCCC1=O. The Bertz CT molecular complexity index is 743. The van der Waals surface area contributed by atoms with E-state index < -0.39 is 0 Å². The molecule has 0 atom stereocenters. The molecule has 3 nitrogen and oxygen atoms in total. The van der Waals surface area contributed by atoms with Crippen molar-refractivity contribution in [3.05, 3.63) is 52.6 Å². The molecule has 0 radical (unpaired) electrons. The number of Topliss-reactive ketones (excluding diaryl/α,β-unsaturated/α-hetero) is 1.